The third kappa shape index (κ3) is 1.53. The highest BCUT2D eigenvalue weighted by atomic mass is 32.1. The van der Waals surface area contributed by atoms with Gasteiger partial charge in [-0.05, 0) is 24.4 Å². The van der Waals surface area contributed by atoms with Crippen LogP contribution in [0.1, 0.15) is 0 Å². The zero-order chi connectivity index (χ0) is 12.7. The number of aromatic nitrogens is 4. The van der Waals surface area contributed by atoms with E-state index in [1.807, 2.05) is 36.0 Å². The van der Waals surface area contributed by atoms with Gasteiger partial charge in [-0.25, -0.2) is 0 Å². The third-order valence-electron chi connectivity index (χ3n) is 2.85. The number of hydrogen-bond donors (Lipinski definition) is 1. The lowest BCUT2D eigenvalue weighted by Gasteiger charge is -2.02. The van der Waals surface area contributed by atoms with E-state index < -0.39 is 0 Å². The molecule has 2 heterocycles. The number of benzene rings is 1. The lowest BCUT2D eigenvalue weighted by molar-refractivity contribution is 0.419. The number of methoxy groups -OCH3 is 1. The maximum absolute atomic E-state index is 5.37. The highest BCUT2D eigenvalue weighted by molar-refractivity contribution is 7.71. The van der Waals surface area contributed by atoms with Crippen molar-refractivity contribution in [2.45, 2.75) is 0 Å². The van der Waals surface area contributed by atoms with Crippen LogP contribution < -0.4 is 4.74 Å². The van der Waals surface area contributed by atoms with E-state index in [9.17, 15) is 0 Å². The van der Waals surface area contributed by atoms with Gasteiger partial charge in [0.1, 0.15) is 11.3 Å². The lowest BCUT2D eigenvalue weighted by atomic mass is 10.3. The summed E-state index contributed by atoms with van der Waals surface area (Å²) in [6, 6.07) is 5.84. The smallest absolute Gasteiger partial charge is 0.182 e. The summed E-state index contributed by atoms with van der Waals surface area (Å²) < 4.78 is 9.64. The van der Waals surface area contributed by atoms with Crippen LogP contribution in [0.4, 0.5) is 0 Å². The second kappa shape index (κ2) is 3.99. The van der Waals surface area contributed by atoms with Crippen LogP contribution in [0, 0.1) is 4.77 Å². The molecule has 18 heavy (non-hydrogen) atoms. The predicted octanol–water partition coefficient (Wildman–Crippen LogP) is 2.43. The third-order valence-corrected chi connectivity index (χ3v) is 3.13. The Morgan fingerprint density at radius 3 is 2.89 bits per heavy atom. The number of imidazole rings is 1. The van der Waals surface area contributed by atoms with Gasteiger partial charge in [-0.1, -0.05) is 6.07 Å². The number of aromatic amines is 1. The molecule has 0 aliphatic heterocycles. The summed E-state index contributed by atoms with van der Waals surface area (Å²) in [6.45, 7) is 0. The summed E-state index contributed by atoms with van der Waals surface area (Å²) in [5, 5.41) is 4.17. The average Bonchev–Trinajstić information content (AvgIpc) is 2.91. The zero-order valence-corrected chi connectivity index (χ0v) is 10.9. The van der Waals surface area contributed by atoms with E-state index in [1.165, 1.54) is 0 Å². The van der Waals surface area contributed by atoms with Crippen molar-refractivity contribution in [1.29, 1.82) is 0 Å². The van der Waals surface area contributed by atoms with E-state index in [1.54, 1.807) is 18.0 Å². The molecule has 92 valence electrons. The fourth-order valence-corrected chi connectivity index (χ4v) is 2.36. The lowest BCUT2D eigenvalue weighted by Crippen LogP contribution is -1.92. The van der Waals surface area contributed by atoms with Crippen LogP contribution in [0.5, 0.6) is 5.75 Å². The standard InChI is InChI=1S/C12H12N4OS/c1-15-7-8(6-13-15)16-9-4-3-5-10(17-2)11(9)14-12(16)18/h3-7H,1-2H3,(H,14,18). The van der Waals surface area contributed by atoms with Gasteiger partial charge in [0.15, 0.2) is 4.77 Å². The maximum Gasteiger partial charge on any atom is 0.182 e. The fraction of sp³-hybridized carbons (Fsp3) is 0.167. The summed E-state index contributed by atoms with van der Waals surface area (Å²) in [5.74, 6) is 0.779. The van der Waals surface area contributed by atoms with Crippen LogP contribution in [0.3, 0.4) is 0 Å². The molecule has 0 amide bonds. The van der Waals surface area contributed by atoms with Gasteiger partial charge in [0.2, 0.25) is 0 Å². The van der Waals surface area contributed by atoms with Crippen LogP contribution in [-0.4, -0.2) is 26.4 Å². The first-order valence-corrected chi connectivity index (χ1v) is 5.88. The Morgan fingerprint density at radius 1 is 1.39 bits per heavy atom. The van der Waals surface area contributed by atoms with Gasteiger partial charge in [0, 0.05) is 13.2 Å². The number of ether oxygens (including phenoxy) is 1. The Kier molecular flexibility index (Phi) is 2.45. The second-order valence-electron chi connectivity index (χ2n) is 3.99. The molecule has 0 atom stereocenters. The minimum Gasteiger partial charge on any atom is -0.494 e. The molecule has 0 radical (unpaired) electrons. The number of hydrogen-bond acceptors (Lipinski definition) is 3. The minimum atomic E-state index is 0.627. The van der Waals surface area contributed by atoms with Gasteiger partial charge in [0.25, 0.3) is 0 Å². The van der Waals surface area contributed by atoms with E-state index in [0.717, 1.165) is 22.5 Å². The highest BCUT2D eigenvalue weighted by Crippen LogP contribution is 2.26. The minimum absolute atomic E-state index is 0.627. The van der Waals surface area contributed by atoms with Gasteiger partial charge < -0.3 is 9.72 Å². The number of H-pyrrole nitrogens is 1. The van der Waals surface area contributed by atoms with Gasteiger partial charge in [-0.2, -0.15) is 5.10 Å². The van der Waals surface area contributed by atoms with Crippen molar-refractivity contribution in [1.82, 2.24) is 19.3 Å². The number of para-hydroxylation sites is 1. The van der Waals surface area contributed by atoms with Crippen molar-refractivity contribution in [3.8, 4) is 11.4 Å². The Hall–Kier alpha value is -2.08. The average molecular weight is 260 g/mol. The molecule has 0 saturated carbocycles. The predicted molar refractivity (Wildman–Crippen MR) is 71.8 cm³/mol. The molecule has 5 nitrogen and oxygen atoms in total. The first-order valence-electron chi connectivity index (χ1n) is 5.47. The molecule has 0 spiro atoms. The molecule has 1 aromatic carbocycles. The van der Waals surface area contributed by atoms with Crippen LogP contribution in [0.2, 0.25) is 0 Å². The molecule has 3 rings (SSSR count). The summed E-state index contributed by atoms with van der Waals surface area (Å²) in [7, 11) is 3.52. The maximum atomic E-state index is 5.37. The molecule has 0 bridgehead atoms. The first kappa shape index (κ1) is 11.0. The number of aryl methyl sites for hydroxylation is 1. The van der Waals surface area contributed by atoms with Gasteiger partial charge in [-0.15, -0.1) is 0 Å². The number of fused-ring (bicyclic) bond motifs is 1. The van der Waals surface area contributed by atoms with Crippen LogP contribution in [0.25, 0.3) is 16.7 Å². The van der Waals surface area contributed by atoms with E-state index in [2.05, 4.69) is 10.1 Å². The molecule has 0 fully saturated rings. The van der Waals surface area contributed by atoms with E-state index in [-0.39, 0.29) is 0 Å². The van der Waals surface area contributed by atoms with Crippen molar-refractivity contribution < 1.29 is 4.74 Å². The first-order chi connectivity index (χ1) is 8.70. The monoisotopic (exact) mass is 260 g/mol. The Bertz CT molecular complexity index is 768. The SMILES string of the molecule is COc1cccc2c1[nH]c(=S)n2-c1cnn(C)c1. The van der Waals surface area contributed by atoms with Gasteiger partial charge in [-0.3, -0.25) is 9.25 Å². The van der Waals surface area contributed by atoms with Gasteiger partial charge in [0.05, 0.1) is 24.5 Å². The van der Waals surface area contributed by atoms with Crippen LogP contribution in [-0.2, 0) is 7.05 Å². The van der Waals surface area contributed by atoms with Crippen LogP contribution in [0.15, 0.2) is 30.6 Å². The van der Waals surface area contributed by atoms with Gasteiger partial charge >= 0.3 is 0 Å². The van der Waals surface area contributed by atoms with E-state index in [4.69, 9.17) is 17.0 Å². The summed E-state index contributed by atoms with van der Waals surface area (Å²) >= 11 is 5.37. The Morgan fingerprint density at radius 2 is 2.22 bits per heavy atom. The summed E-state index contributed by atoms with van der Waals surface area (Å²) in [6.07, 6.45) is 3.70. The summed E-state index contributed by atoms with van der Waals surface area (Å²) in [4.78, 5) is 3.17. The largest absolute Gasteiger partial charge is 0.494 e. The quantitative estimate of drug-likeness (QED) is 0.720. The molecule has 1 N–H and O–H groups in total. The normalized spacial score (nSPS) is 11.0. The number of nitrogens with zero attached hydrogens (tertiary/aromatic N) is 3. The van der Waals surface area contributed by atoms with Crippen molar-refractivity contribution in [2.75, 3.05) is 7.11 Å². The van der Waals surface area contributed by atoms with Crippen LogP contribution >= 0.6 is 12.2 Å². The van der Waals surface area contributed by atoms with Crippen molar-refractivity contribution in [3.63, 3.8) is 0 Å². The molecule has 0 unspecified atom stereocenters. The summed E-state index contributed by atoms with van der Waals surface area (Å²) in [5.41, 5.74) is 2.81. The molecule has 3 aromatic rings. The molecule has 0 saturated heterocycles. The van der Waals surface area contributed by atoms with Crippen molar-refractivity contribution in [3.05, 3.63) is 35.4 Å². The van der Waals surface area contributed by atoms with Crippen molar-refractivity contribution in [2.24, 2.45) is 7.05 Å². The highest BCUT2D eigenvalue weighted by Gasteiger charge is 2.10. The zero-order valence-electron chi connectivity index (χ0n) is 10.0. The molecular formula is C12H12N4OS. The van der Waals surface area contributed by atoms with Crippen molar-refractivity contribution >= 4 is 23.3 Å². The number of nitrogens with one attached hydrogen (secondary N) is 1. The number of rotatable bonds is 2. The second-order valence-corrected chi connectivity index (χ2v) is 4.38. The molecule has 2 aromatic heterocycles. The Balaban J connectivity index is 2.36. The fourth-order valence-electron chi connectivity index (χ4n) is 2.05. The van der Waals surface area contributed by atoms with E-state index >= 15 is 0 Å². The Labute approximate surface area is 109 Å². The van der Waals surface area contributed by atoms with E-state index in [0.29, 0.717) is 4.77 Å². The topological polar surface area (TPSA) is 47.8 Å². The molecule has 0 aliphatic carbocycles. The molecular weight excluding hydrogens is 248 g/mol. The molecule has 0 aliphatic rings. The molecule has 6 heteroatoms.